The molecule has 0 radical (unpaired) electrons. The quantitative estimate of drug-likeness (QED) is 0.654. The van der Waals surface area contributed by atoms with Crippen molar-refractivity contribution in [2.75, 3.05) is 0 Å². The zero-order valence-electron chi connectivity index (χ0n) is 7.97. The molecule has 14 heavy (non-hydrogen) atoms. The Morgan fingerprint density at radius 2 is 1.93 bits per heavy atom. The van der Waals surface area contributed by atoms with Gasteiger partial charge in [-0.1, -0.05) is 12.1 Å². The molecule has 1 heterocycles. The molecular formula is C11H10F2S. The monoisotopic (exact) mass is 212 g/mol. The molecule has 0 unspecified atom stereocenters. The summed E-state index contributed by atoms with van der Waals surface area (Å²) in [6.07, 6.45) is -2.37. The van der Waals surface area contributed by atoms with Crippen LogP contribution >= 0.6 is 11.3 Å². The Balaban J connectivity index is 2.67. The van der Waals surface area contributed by atoms with Crippen molar-refractivity contribution in [2.24, 2.45) is 0 Å². The fourth-order valence-corrected chi connectivity index (χ4v) is 2.62. The van der Waals surface area contributed by atoms with Crippen LogP contribution in [0.4, 0.5) is 8.78 Å². The molecule has 1 aromatic carbocycles. The van der Waals surface area contributed by atoms with Gasteiger partial charge in [0.15, 0.2) is 0 Å². The minimum Gasteiger partial charge on any atom is -0.205 e. The Morgan fingerprint density at radius 3 is 2.57 bits per heavy atom. The number of alkyl halides is 2. The second kappa shape index (κ2) is 3.31. The van der Waals surface area contributed by atoms with Crippen LogP contribution in [0, 0.1) is 13.8 Å². The predicted octanol–water partition coefficient (Wildman–Crippen LogP) is 4.46. The minimum absolute atomic E-state index is 0.110. The molecule has 0 bridgehead atoms. The summed E-state index contributed by atoms with van der Waals surface area (Å²) in [5, 5.41) is 1.09. The van der Waals surface area contributed by atoms with Gasteiger partial charge in [-0.25, -0.2) is 8.78 Å². The van der Waals surface area contributed by atoms with Crippen molar-refractivity contribution in [3.05, 3.63) is 34.2 Å². The topological polar surface area (TPSA) is 0 Å². The molecule has 1 aromatic heterocycles. The van der Waals surface area contributed by atoms with E-state index in [1.807, 2.05) is 13.8 Å². The summed E-state index contributed by atoms with van der Waals surface area (Å²) >= 11 is 1.58. The molecular weight excluding hydrogens is 202 g/mol. The predicted molar refractivity (Wildman–Crippen MR) is 56.3 cm³/mol. The van der Waals surface area contributed by atoms with E-state index in [1.54, 1.807) is 23.5 Å². The summed E-state index contributed by atoms with van der Waals surface area (Å²) in [6.45, 7) is 4.04. The first kappa shape index (κ1) is 9.59. The molecule has 2 aromatic rings. The Labute approximate surface area is 85.2 Å². The van der Waals surface area contributed by atoms with Crippen molar-refractivity contribution in [3.63, 3.8) is 0 Å². The van der Waals surface area contributed by atoms with Crippen LogP contribution in [0.5, 0.6) is 0 Å². The molecule has 0 atom stereocenters. The summed E-state index contributed by atoms with van der Waals surface area (Å²) in [7, 11) is 0. The van der Waals surface area contributed by atoms with Crippen LogP contribution in [-0.4, -0.2) is 0 Å². The van der Waals surface area contributed by atoms with E-state index in [9.17, 15) is 8.78 Å². The fraction of sp³-hybridized carbons (Fsp3) is 0.273. The van der Waals surface area contributed by atoms with E-state index in [2.05, 4.69) is 0 Å². The van der Waals surface area contributed by atoms with Crippen LogP contribution in [0.2, 0.25) is 0 Å². The number of hydrogen-bond acceptors (Lipinski definition) is 1. The van der Waals surface area contributed by atoms with Crippen molar-refractivity contribution < 1.29 is 8.78 Å². The highest BCUT2D eigenvalue weighted by Gasteiger charge is 2.10. The molecule has 0 spiro atoms. The number of aryl methyl sites for hydroxylation is 2. The number of halogens is 2. The highest BCUT2D eigenvalue weighted by atomic mass is 32.1. The number of thiophene rings is 1. The van der Waals surface area contributed by atoms with Crippen LogP contribution in [0.25, 0.3) is 10.1 Å². The number of rotatable bonds is 1. The highest BCUT2D eigenvalue weighted by molar-refractivity contribution is 7.19. The van der Waals surface area contributed by atoms with Gasteiger partial charge in [-0.15, -0.1) is 11.3 Å². The maximum Gasteiger partial charge on any atom is 0.263 e. The van der Waals surface area contributed by atoms with Crippen molar-refractivity contribution in [2.45, 2.75) is 20.3 Å². The van der Waals surface area contributed by atoms with Gasteiger partial charge in [0.2, 0.25) is 0 Å². The third-order valence-corrected chi connectivity index (χ3v) is 3.62. The maximum absolute atomic E-state index is 12.4. The molecule has 0 aliphatic carbocycles. The lowest BCUT2D eigenvalue weighted by Gasteiger charge is -1.98. The van der Waals surface area contributed by atoms with Crippen LogP contribution in [-0.2, 0) is 0 Å². The fourth-order valence-electron chi connectivity index (χ4n) is 1.50. The molecule has 0 aliphatic rings. The first-order valence-electron chi connectivity index (χ1n) is 4.37. The first-order valence-corrected chi connectivity index (χ1v) is 5.19. The number of benzene rings is 1. The Morgan fingerprint density at radius 1 is 1.21 bits per heavy atom. The van der Waals surface area contributed by atoms with Gasteiger partial charge >= 0.3 is 0 Å². The molecule has 0 nitrogen and oxygen atoms in total. The van der Waals surface area contributed by atoms with Gasteiger partial charge in [0.25, 0.3) is 6.43 Å². The van der Waals surface area contributed by atoms with Crippen molar-refractivity contribution in [1.82, 2.24) is 0 Å². The summed E-state index contributed by atoms with van der Waals surface area (Å²) in [5.74, 6) is 0. The first-order chi connectivity index (χ1) is 6.59. The molecule has 0 saturated carbocycles. The van der Waals surface area contributed by atoms with Gasteiger partial charge in [0.1, 0.15) is 0 Å². The maximum atomic E-state index is 12.4. The molecule has 0 fully saturated rings. The lowest BCUT2D eigenvalue weighted by Crippen LogP contribution is -1.81. The largest absolute Gasteiger partial charge is 0.263 e. The van der Waals surface area contributed by atoms with E-state index in [1.165, 1.54) is 16.5 Å². The zero-order chi connectivity index (χ0) is 10.3. The summed E-state index contributed by atoms with van der Waals surface area (Å²) in [5.41, 5.74) is 1.31. The number of hydrogen-bond donors (Lipinski definition) is 0. The lowest BCUT2D eigenvalue weighted by atomic mass is 10.1. The van der Waals surface area contributed by atoms with Gasteiger partial charge in [-0.2, -0.15) is 0 Å². The average molecular weight is 212 g/mol. The number of fused-ring (bicyclic) bond motifs is 1. The third kappa shape index (κ3) is 1.42. The van der Waals surface area contributed by atoms with Crippen LogP contribution in [0.1, 0.15) is 22.4 Å². The molecule has 0 saturated heterocycles. The Bertz CT molecular complexity index is 471. The summed E-state index contributed by atoms with van der Waals surface area (Å²) in [6, 6.07) is 4.88. The molecule has 74 valence electrons. The summed E-state index contributed by atoms with van der Waals surface area (Å²) < 4.78 is 25.8. The Kier molecular flexibility index (Phi) is 2.27. The van der Waals surface area contributed by atoms with Gasteiger partial charge in [0, 0.05) is 15.1 Å². The van der Waals surface area contributed by atoms with Crippen LogP contribution in [0.15, 0.2) is 18.2 Å². The second-order valence-corrected chi connectivity index (χ2v) is 4.60. The third-order valence-electron chi connectivity index (χ3n) is 2.45. The van der Waals surface area contributed by atoms with Crippen LogP contribution < -0.4 is 0 Å². The van der Waals surface area contributed by atoms with Gasteiger partial charge < -0.3 is 0 Å². The highest BCUT2D eigenvalue weighted by Crippen LogP contribution is 2.32. The molecule has 0 N–H and O–H groups in total. The van der Waals surface area contributed by atoms with E-state index in [4.69, 9.17) is 0 Å². The Hall–Kier alpha value is -0.960. The summed E-state index contributed by atoms with van der Waals surface area (Å²) in [4.78, 5) is 1.20. The van der Waals surface area contributed by atoms with Gasteiger partial charge in [-0.3, -0.25) is 0 Å². The van der Waals surface area contributed by atoms with E-state index < -0.39 is 6.43 Å². The molecule has 2 rings (SSSR count). The van der Waals surface area contributed by atoms with E-state index >= 15 is 0 Å². The SMILES string of the molecule is Cc1sc2cc(C(F)F)ccc2c1C. The average Bonchev–Trinajstić information content (AvgIpc) is 2.42. The van der Waals surface area contributed by atoms with Crippen LogP contribution in [0.3, 0.4) is 0 Å². The van der Waals surface area contributed by atoms with E-state index in [-0.39, 0.29) is 5.56 Å². The van der Waals surface area contributed by atoms with Gasteiger partial charge in [0.05, 0.1) is 0 Å². The zero-order valence-corrected chi connectivity index (χ0v) is 8.79. The van der Waals surface area contributed by atoms with E-state index in [0.29, 0.717) is 0 Å². The van der Waals surface area contributed by atoms with E-state index in [0.717, 1.165) is 10.1 Å². The smallest absolute Gasteiger partial charge is 0.205 e. The van der Waals surface area contributed by atoms with Crippen molar-refractivity contribution in [1.29, 1.82) is 0 Å². The minimum atomic E-state index is -2.37. The lowest BCUT2D eigenvalue weighted by molar-refractivity contribution is 0.151. The van der Waals surface area contributed by atoms with Crippen molar-refractivity contribution >= 4 is 21.4 Å². The molecule has 0 aliphatic heterocycles. The second-order valence-electron chi connectivity index (χ2n) is 3.34. The normalized spacial score (nSPS) is 11.5. The van der Waals surface area contributed by atoms with Gasteiger partial charge in [-0.05, 0) is 30.9 Å². The van der Waals surface area contributed by atoms with Crippen molar-refractivity contribution in [3.8, 4) is 0 Å². The standard InChI is InChI=1S/C11H10F2S/c1-6-7(2)14-10-5-8(11(12)13)3-4-9(6)10/h3-5,11H,1-2H3. The molecule has 3 heteroatoms. The molecule has 0 amide bonds.